The van der Waals surface area contributed by atoms with Crippen LogP contribution in [0.4, 0.5) is 0 Å². The van der Waals surface area contributed by atoms with Crippen LogP contribution >= 0.6 is 0 Å². The number of likely N-dealkylation sites (N-methyl/N-ethyl adjacent to an activating group) is 1. The number of hydrogen-bond acceptors (Lipinski definition) is 3. The van der Waals surface area contributed by atoms with E-state index in [-0.39, 0.29) is 0 Å². The summed E-state index contributed by atoms with van der Waals surface area (Å²) < 4.78 is 0. The highest BCUT2D eigenvalue weighted by atomic mass is 15.2. The van der Waals surface area contributed by atoms with E-state index in [9.17, 15) is 0 Å². The first-order chi connectivity index (χ1) is 8.33. The Hall–Kier alpha value is -0.120. The molecular formula is C14H29N3. The summed E-state index contributed by atoms with van der Waals surface area (Å²) in [4.78, 5) is 2.57. The zero-order chi connectivity index (χ0) is 12.1. The zero-order valence-corrected chi connectivity index (χ0v) is 11.3. The van der Waals surface area contributed by atoms with Crippen LogP contribution in [0.2, 0.25) is 0 Å². The lowest BCUT2D eigenvalue weighted by molar-refractivity contribution is 0.165. The van der Waals surface area contributed by atoms with Crippen LogP contribution in [0.5, 0.6) is 0 Å². The normalized spacial score (nSPS) is 36.0. The van der Waals surface area contributed by atoms with Crippen molar-refractivity contribution in [2.45, 2.75) is 57.5 Å². The van der Waals surface area contributed by atoms with Crippen molar-refractivity contribution in [1.29, 1.82) is 0 Å². The van der Waals surface area contributed by atoms with Crippen molar-refractivity contribution in [1.82, 2.24) is 10.2 Å². The van der Waals surface area contributed by atoms with E-state index in [0.717, 1.165) is 12.5 Å². The van der Waals surface area contributed by atoms with Crippen LogP contribution in [0.25, 0.3) is 0 Å². The molecule has 1 heterocycles. The number of likely N-dealkylation sites (tertiary alicyclic amines) is 1. The van der Waals surface area contributed by atoms with Crippen molar-refractivity contribution < 1.29 is 0 Å². The third kappa shape index (κ3) is 3.67. The molecule has 17 heavy (non-hydrogen) atoms. The molecule has 1 aliphatic heterocycles. The Kier molecular flexibility index (Phi) is 5.26. The van der Waals surface area contributed by atoms with Gasteiger partial charge in [-0.1, -0.05) is 19.8 Å². The van der Waals surface area contributed by atoms with Crippen molar-refractivity contribution in [3.05, 3.63) is 0 Å². The Morgan fingerprint density at radius 3 is 2.76 bits per heavy atom. The van der Waals surface area contributed by atoms with Gasteiger partial charge < -0.3 is 16.0 Å². The number of piperidine rings is 1. The molecule has 0 amide bonds. The Labute approximate surface area is 106 Å². The molecule has 2 aliphatic rings. The van der Waals surface area contributed by atoms with Crippen LogP contribution in [-0.4, -0.2) is 43.2 Å². The summed E-state index contributed by atoms with van der Waals surface area (Å²) in [5.41, 5.74) is 5.90. The first-order valence-corrected chi connectivity index (χ1v) is 7.52. The van der Waals surface area contributed by atoms with E-state index in [1.165, 1.54) is 58.2 Å². The Balaban J connectivity index is 1.81. The third-order valence-electron chi connectivity index (χ3n) is 4.61. The highest BCUT2D eigenvalue weighted by molar-refractivity contribution is 4.87. The lowest BCUT2D eigenvalue weighted by Gasteiger charge is -2.38. The summed E-state index contributed by atoms with van der Waals surface area (Å²) in [6.45, 7) is 6.86. The van der Waals surface area contributed by atoms with Gasteiger partial charge in [-0.25, -0.2) is 0 Å². The summed E-state index contributed by atoms with van der Waals surface area (Å²) in [5, 5.41) is 3.90. The van der Waals surface area contributed by atoms with Crippen molar-refractivity contribution >= 4 is 0 Å². The van der Waals surface area contributed by atoms with E-state index in [0.29, 0.717) is 12.1 Å². The van der Waals surface area contributed by atoms with Crippen molar-refractivity contribution in [2.75, 3.05) is 26.2 Å². The molecule has 3 N–H and O–H groups in total. The average molecular weight is 239 g/mol. The molecule has 0 bridgehead atoms. The molecule has 2 rings (SSSR count). The van der Waals surface area contributed by atoms with Crippen LogP contribution in [0, 0.1) is 5.92 Å². The van der Waals surface area contributed by atoms with Gasteiger partial charge in [-0.3, -0.25) is 0 Å². The standard InChI is InChI=1S/C14H29N3/c1-2-17-9-5-7-13(11-17)16-14-8-4-3-6-12(14)10-15/h12-14,16H,2-11,15H2,1H3. The summed E-state index contributed by atoms with van der Waals surface area (Å²) in [5.74, 6) is 0.723. The highest BCUT2D eigenvalue weighted by Gasteiger charge is 2.27. The fourth-order valence-electron chi connectivity index (χ4n) is 3.49. The number of rotatable bonds is 4. The minimum absolute atomic E-state index is 0.690. The predicted molar refractivity (Wildman–Crippen MR) is 73.1 cm³/mol. The van der Waals surface area contributed by atoms with Gasteiger partial charge in [-0.05, 0) is 51.2 Å². The van der Waals surface area contributed by atoms with Crippen molar-refractivity contribution in [3.8, 4) is 0 Å². The molecule has 100 valence electrons. The second kappa shape index (κ2) is 6.72. The zero-order valence-electron chi connectivity index (χ0n) is 11.3. The molecule has 0 aromatic heterocycles. The average Bonchev–Trinajstić information content (AvgIpc) is 2.39. The van der Waals surface area contributed by atoms with E-state index < -0.39 is 0 Å². The fourth-order valence-corrected chi connectivity index (χ4v) is 3.49. The minimum Gasteiger partial charge on any atom is -0.330 e. The molecule has 0 radical (unpaired) electrons. The van der Waals surface area contributed by atoms with Crippen LogP contribution in [0.3, 0.4) is 0 Å². The van der Waals surface area contributed by atoms with Gasteiger partial charge >= 0.3 is 0 Å². The van der Waals surface area contributed by atoms with Crippen molar-refractivity contribution in [2.24, 2.45) is 11.7 Å². The molecule has 1 saturated heterocycles. The van der Waals surface area contributed by atoms with Gasteiger partial charge in [0, 0.05) is 18.6 Å². The van der Waals surface area contributed by atoms with Crippen LogP contribution in [0.1, 0.15) is 45.4 Å². The second-order valence-corrected chi connectivity index (χ2v) is 5.79. The fraction of sp³-hybridized carbons (Fsp3) is 1.00. The molecule has 1 aliphatic carbocycles. The Morgan fingerprint density at radius 2 is 2.00 bits per heavy atom. The Morgan fingerprint density at radius 1 is 1.18 bits per heavy atom. The van der Waals surface area contributed by atoms with Crippen LogP contribution in [0.15, 0.2) is 0 Å². The highest BCUT2D eigenvalue weighted by Crippen LogP contribution is 2.24. The van der Waals surface area contributed by atoms with E-state index in [2.05, 4.69) is 17.1 Å². The van der Waals surface area contributed by atoms with Gasteiger partial charge in [-0.2, -0.15) is 0 Å². The molecule has 3 nitrogen and oxygen atoms in total. The SMILES string of the molecule is CCN1CCCC(NC2CCCCC2CN)C1. The van der Waals surface area contributed by atoms with E-state index >= 15 is 0 Å². The molecular weight excluding hydrogens is 210 g/mol. The largest absolute Gasteiger partial charge is 0.330 e. The maximum Gasteiger partial charge on any atom is 0.0198 e. The molecule has 1 saturated carbocycles. The smallest absolute Gasteiger partial charge is 0.0198 e. The van der Waals surface area contributed by atoms with Crippen LogP contribution < -0.4 is 11.1 Å². The molecule has 3 atom stereocenters. The monoisotopic (exact) mass is 239 g/mol. The lowest BCUT2D eigenvalue weighted by Crippen LogP contribution is -2.52. The number of nitrogens with two attached hydrogens (primary N) is 1. The first-order valence-electron chi connectivity index (χ1n) is 7.52. The van der Waals surface area contributed by atoms with Crippen LogP contribution in [-0.2, 0) is 0 Å². The molecule has 0 aromatic rings. The second-order valence-electron chi connectivity index (χ2n) is 5.79. The third-order valence-corrected chi connectivity index (χ3v) is 4.61. The van der Waals surface area contributed by atoms with Gasteiger partial charge in [0.1, 0.15) is 0 Å². The molecule has 0 spiro atoms. The topological polar surface area (TPSA) is 41.3 Å². The maximum atomic E-state index is 5.90. The summed E-state index contributed by atoms with van der Waals surface area (Å²) >= 11 is 0. The van der Waals surface area contributed by atoms with Gasteiger partial charge in [0.15, 0.2) is 0 Å². The van der Waals surface area contributed by atoms with E-state index in [1.54, 1.807) is 0 Å². The molecule has 3 unspecified atom stereocenters. The van der Waals surface area contributed by atoms with Gasteiger partial charge in [0.2, 0.25) is 0 Å². The van der Waals surface area contributed by atoms with Gasteiger partial charge in [0.25, 0.3) is 0 Å². The van der Waals surface area contributed by atoms with Gasteiger partial charge in [0.05, 0.1) is 0 Å². The summed E-state index contributed by atoms with van der Waals surface area (Å²) in [6, 6.07) is 1.40. The van der Waals surface area contributed by atoms with Gasteiger partial charge in [-0.15, -0.1) is 0 Å². The van der Waals surface area contributed by atoms with Crippen molar-refractivity contribution in [3.63, 3.8) is 0 Å². The number of nitrogens with one attached hydrogen (secondary N) is 1. The molecule has 3 heteroatoms. The first kappa shape index (κ1) is 13.3. The summed E-state index contributed by atoms with van der Waals surface area (Å²) in [6.07, 6.45) is 8.14. The molecule has 2 fully saturated rings. The number of nitrogens with zero attached hydrogens (tertiary/aromatic N) is 1. The summed E-state index contributed by atoms with van der Waals surface area (Å²) in [7, 11) is 0. The lowest BCUT2D eigenvalue weighted by atomic mass is 9.84. The predicted octanol–water partition coefficient (Wildman–Crippen LogP) is 1.58. The molecule has 0 aromatic carbocycles. The Bertz CT molecular complexity index is 220. The van der Waals surface area contributed by atoms with E-state index in [1.807, 2.05) is 0 Å². The quantitative estimate of drug-likeness (QED) is 0.782. The minimum atomic E-state index is 0.690. The maximum absolute atomic E-state index is 5.90. The van der Waals surface area contributed by atoms with E-state index in [4.69, 9.17) is 5.73 Å². The number of hydrogen-bond donors (Lipinski definition) is 2.